The number of nitrogens with one attached hydrogen (secondary N) is 2. The van der Waals surface area contributed by atoms with Gasteiger partial charge in [0, 0.05) is 109 Å². The number of likely N-dealkylation sites (tertiary alicyclic amines) is 2. The topological polar surface area (TPSA) is 386 Å². The minimum Gasteiger partial charge on any atom is -0.457 e. The number of rotatable bonds is 18. The Hall–Kier alpha value is -17.0. The standard InChI is InChI=1S/C28H25N5O3.C27H24N6O2.C27H25N5O3.C26H24N6O2/c1-2-6-23(34)33-20-13-14-28(33,18-35-17-20)27-31-24(25-26(29)30-15-16-32(25)27)19-9-11-22(12-10-19)36-21-7-4-3-5-8-21;1-2-6-22(34)33-18-15-21(30-16-18)24(33)27-31-23(25-26(28)29-13-14-32(25)27)17-9-11-20(12-10-17)35-19-7-4-3-5-8-19;1-2-22(33)32-19-12-13-27(32,17-34-16-19)26-30-23(24-25(28)29-14-15-31(24)26)18-8-10-21(11-9-18)35-20-6-4-3-5-7-20;1-2-21(33)32-17-14-20(29-15-17)23(32)26-30-22(24-25(27)28-12-13-31(24)26)16-8-10-19(11-9-16)34-18-6-4-3-5-7-18/h3-5,7-12,15-16,20H,13-14,17-18H2,1H3,(H2,29,30);3-5,7-14,18,21,24,30H,15-16H2,1H3,(H2,28,29);2-11,14-15,19H,1,12-13,16-17H2,(H2,28,29);2-13,17,20,23,29H,1,14-15H2,(H2,27,28)/t;18-,21-,24?;;17?,20-,23?/m.0.0/s1. The smallest absolute Gasteiger partial charge is 0.299 e. The van der Waals surface area contributed by atoms with Crippen LogP contribution in [0.15, 0.2) is 293 Å². The first kappa shape index (κ1) is 89.5. The maximum absolute atomic E-state index is 13.1. The van der Waals surface area contributed by atoms with Crippen molar-refractivity contribution in [1.29, 1.82) is 0 Å². The van der Waals surface area contributed by atoms with Gasteiger partial charge in [0.2, 0.25) is 11.8 Å². The van der Waals surface area contributed by atoms with Crippen LogP contribution in [0.25, 0.3) is 67.1 Å². The predicted octanol–water partition coefficient (Wildman–Crippen LogP) is 15.2. The van der Waals surface area contributed by atoms with E-state index in [1.165, 1.54) is 12.2 Å². The molecule has 0 aliphatic carbocycles. The first-order valence-electron chi connectivity index (χ1n) is 46.4. The summed E-state index contributed by atoms with van der Waals surface area (Å²) >= 11 is 0. The molecule has 0 spiro atoms. The molecule has 0 saturated carbocycles. The van der Waals surface area contributed by atoms with Gasteiger partial charge in [0.1, 0.15) is 161 Å². The van der Waals surface area contributed by atoms with E-state index in [-0.39, 0.29) is 72.0 Å². The third-order valence-electron chi connectivity index (χ3n) is 27.1. The number of nitrogens with two attached hydrogens (primary N) is 4. The van der Waals surface area contributed by atoms with Gasteiger partial charge in [-0.2, -0.15) is 0 Å². The second-order valence-corrected chi connectivity index (χ2v) is 35.3. The lowest BCUT2D eigenvalue weighted by molar-refractivity contribution is -0.146. The summed E-state index contributed by atoms with van der Waals surface area (Å²) in [6, 6.07) is 69.4. The van der Waals surface area contributed by atoms with Crippen molar-refractivity contribution in [1.82, 2.24) is 87.7 Å². The zero-order valence-electron chi connectivity index (χ0n) is 76.6. The van der Waals surface area contributed by atoms with Gasteiger partial charge in [0.15, 0.2) is 0 Å². The average Bonchev–Trinajstić information content (AvgIpc) is 1.53. The molecule has 140 heavy (non-hydrogen) atoms. The highest BCUT2D eigenvalue weighted by atomic mass is 16.5. The van der Waals surface area contributed by atoms with Gasteiger partial charge in [-0.15, -0.1) is 0 Å². The highest BCUT2D eigenvalue weighted by Gasteiger charge is 2.58. The molecular formula is C108H98N22O10. The Labute approximate surface area is 805 Å². The molecule has 8 aliphatic heterocycles. The quantitative estimate of drug-likeness (QED) is 0.0343. The number of carbonyl (C=O) groups is 4. The van der Waals surface area contributed by atoms with Crippen LogP contribution in [0.4, 0.5) is 23.3 Å². The Morgan fingerprint density at radius 3 is 1.07 bits per heavy atom. The number of nitrogen functional groups attached to an aromatic ring is 4. The zero-order valence-corrected chi connectivity index (χ0v) is 76.6. The number of hydrogen-bond donors (Lipinski definition) is 6. The summed E-state index contributed by atoms with van der Waals surface area (Å²) in [5.41, 5.74) is 33.2. The molecule has 8 aliphatic rings. The number of piperazine rings is 2. The Kier molecular flexibility index (Phi) is 24.2. The predicted molar refractivity (Wildman–Crippen MR) is 529 cm³/mol. The molecule has 700 valence electrons. The van der Waals surface area contributed by atoms with Gasteiger partial charge >= 0.3 is 0 Å². The van der Waals surface area contributed by atoms with E-state index in [1.807, 2.05) is 280 Å². The molecule has 32 heteroatoms. The Bertz CT molecular complexity index is 7550. The van der Waals surface area contributed by atoms with Gasteiger partial charge in [-0.3, -0.25) is 36.8 Å². The van der Waals surface area contributed by atoms with Crippen molar-refractivity contribution in [3.8, 4) is 115 Å². The molecule has 4 amide bonds. The summed E-state index contributed by atoms with van der Waals surface area (Å²) in [7, 11) is 0. The van der Waals surface area contributed by atoms with Crippen LogP contribution in [0.3, 0.4) is 0 Å². The van der Waals surface area contributed by atoms with Crippen molar-refractivity contribution >= 4 is 69.0 Å². The molecule has 8 aromatic heterocycles. The van der Waals surface area contributed by atoms with Gasteiger partial charge in [0.25, 0.3) is 11.8 Å². The number of imidazole rings is 4. The van der Waals surface area contributed by atoms with Crippen LogP contribution in [0.2, 0.25) is 0 Å². The third-order valence-corrected chi connectivity index (χ3v) is 27.1. The second kappa shape index (κ2) is 37.9. The number of nitrogens with zero attached hydrogens (tertiary/aromatic N) is 16. The van der Waals surface area contributed by atoms with Crippen LogP contribution in [0.5, 0.6) is 46.0 Å². The number of aromatic nitrogens is 12. The van der Waals surface area contributed by atoms with Gasteiger partial charge in [-0.1, -0.05) is 97.8 Å². The summed E-state index contributed by atoms with van der Waals surface area (Å²) in [5.74, 6) is 20.8. The maximum Gasteiger partial charge on any atom is 0.299 e. The van der Waals surface area contributed by atoms with E-state index in [1.54, 1.807) is 38.6 Å². The summed E-state index contributed by atoms with van der Waals surface area (Å²) in [4.78, 5) is 96.8. The number of anilines is 4. The SMILES string of the molecule is C=CC(=O)N1C2CCC1(c1nc(-c3ccc(Oc4ccccc4)cc3)c3c(N)nccn13)COC2.C=CC(=O)N1C2CN[C@@H](C2)C1c1nc(-c2ccc(Oc3ccccc3)cc2)c2c(N)nccn12.CC#CC(=O)N1C(c2nc(-c3ccc(Oc4ccccc4)cc3)c3c(N)nccn23)[C@@H]2C[C@H]1CN2.CC#CC(=O)N1C2CCC1(c1nc(-c3ccc(Oc4ccccc4)cc3)c3c(N)nccn13)COC2. The van der Waals surface area contributed by atoms with Crippen LogP contribution in [0.1, 0.15) is 87.8 Å². The molecule has 8 fully saturated rings. The van der Waals surface area contributed by atoms with Gasteiger partial charge in [-0.25, -0.2) is 39.9 Å². The number of carbonyl (C=O) groups excluding carboxylic acids is 4. The van der Waals surface area contributed by atoms with Crippen molar-refractivity contribution in [2.75, 3.05) is 62.5 Å². The number of morpholine rings is 2. The Morgan fingerprint density at radius 2 is 0.707 bits per heavy atom. The average molecular weight is 1860 g/mol. The van der Waals surface area contributed by atoms with Crippen LogP contribution < -0.4 is 52.5 Å². The molecule has 7 unspecified atom stereocenters. The number of para-hydroxylation sites is 4. The molecule has 8 aromatic carbocycles. The van der Waals surface area contributed by atoms with Crippen molar-refractivity contribution in [3.63, 3.8) is 0 Å². The largest absolute Gasteiger partial charge is 0.457 e. The van der Waals surface area contributed by atoms with Crippen molar-refractivity contribution in [2.45, 2.75) is 112 Å². The highest BCUT2D eigenvalue weighted by Crippen LogP contribution is 2.51. The molecule has 10 N–H and O–H groups in total. The van der Waals surface area contributed by atoms with E-state index in [2.05, 4.69) is 67.4 Å². The number of hydrogen-bond acceptors (Lipinski definition) is 24. The number of fused-ring (bicyclic) bond motifs is 12. The molecule has 0 radical (unpaired) electrons. The van der Waals surface area contributed by atoms with Gasteiger partial charge < -0.3 is 81.6 Å². The summed E-state index contributed by atoms with van der Waals surface area (Å²) in [5, 5.41) is 7.06. The fourth-order valence-corrected chi connectivity index (χ4v) is 21.1. The van der Waals surface area contributed by atoms with Crippen LogP contribution in [0, 0.1) is 23.7 Å². The summed E-state index contributed by atoms with van der Waals surface area (Å²) in [6.45, 7) is 14.1. The lowest BCUT2D eigenvalue weighted by Gasteiger charge is -2.43. The second-order valence-electron chi connectivity index (χ2n) is 35.3. The molecule has 24 rings (SSSR count). The van der Waals surface area contributed by atoms with Crippen molar-refractivity contribution in [3.05, 3.63) is 317 Å². The number of ether oxygens (including phenoxy) is 6. The van der Waals surface area contributed by atoms with E-state index in [9.17, 15) is 19.2 Å². The molecule has 32 nitrogen and oxygen atoms in total. The van der Waals surface area contributed by atoms with E-state index in [4.69, 9.17) is 71.3 Å². The van der Waals surface area contributed by atoms with Crippen LogP contribution >= 0.6 is 0 Å². The Morgan fingerprint density at radius 1 is 0.393 bits per heavy atom. The van der Waals surface area contributed by atoms with E-state index >= 15 is 0 Å². The molecule has 8 bridgehead atoms. The Balaban J connectivity index is 0.000000111. The molecule has 16 aromatic rings. The van der Waals surface area contributed by atoms with Gasteiger partial charge in [-0.05, 0) is 222 Å². The fourth-order valence-electron chi connectivity index (χ4n) is 21.1. The monoisotopic (exact) mass is 1860 g/mol. The maximum atomic E-state index is 13.1. The summed E-state index contributed by atoms with van der Waals surface area (Å²) in [6.07, 6.45) is 21.7. The molecule has 16 heterocycles. The minimum absolute atomic E-state index is 0.00125. The van der Waals surface area contributed by atoms with E-state index in [0.29, 0.717) is 89.4 Å². The van der Waals surface area contributed by atoms with Crippen molar-refractivity contribution in [2.24, 2.45) is 0 Å². The van der Waals surface area contributed by atoms with Crippen molar-refractivity contribution < 1.29 is 47.6 Å². The number of amides is 4. The van der Waals surface area contributed by atoms with Crippen LogP contribution in [-0.4, -0.2) is 176 Å². The number of benzene rings is 8. The normalized spacial score (nSPS) is 20.9. The minimum atomic E-state index is -0.727. The van der Waals surface area contributed by atoms with E-state index in [0.717, 1.165) is 148 Å². The zero-order chi connectivity index (χ0) is 95.9. The van der Waals surface area contributed by atoms with Crippen LogP contribution in [-0.2, 0) is 39.7 Å². The first-order valence-corrected chi connectivity index (χ1v) is 46.4. The molecule has 8 saturated heterocycles. The third kappa shape index (κ3) is 16.5. The fraction of sp³-hybridized carbons (Fsp3) is 0.222. The van der Waals surface area contributed by atoms with Gasteiger partial charge in [0.05, 0.1) is 38.5 Å². The highest BCUT2D eigenvalue weighted by molar-refractivity contribution is 5.97. The lowest BCUT2D eigenvalue weighted by atomic mass is 9.95. The summed E-state index contributed by atoms with van der Waals surface area (Å²) < 4.78 is 43.5. The molecular weight excluding hydrogens is 1770 g/mol. The molecule has 10 atom stereocenters. The first-order chi connectivity index (χ1) is 68.5. The lowest BCUT2D eigenvalue weighted by Crippen LogP contribution is -2.56. The van der Waals surface area contributed by atoms with E-state index < -0.39 is 11.1 Å².